The van der Waals surface area contributed by atoms with Gasteiger partial charge in [-0.25, -0.2) is 9.97 Å². The zero-order chi connectivity index (χ0) is 30.4. The molecule has 0 saturated heterocycles. The summed E-state index contributed by atoms with van der Waals surface area (Å²) in [4.78, 5) is 10.2. The van der Waals surface area contributed by atoms with Crippen LogP contribution < -0.4 is 9.47 Å². The van der Waals surface area contributed by atoms with Gasteiger partial charge in [-0.05, 0) is 99.2 Å². The third-order valence-electron chi connectivity index (χ3n) is 7.96. The van der Waals surface area contributed by atoms with Gasteiger partial charge in [-0.3, -0.25) is 0 Å². The number of ether oxygens (including phenoxy) is 2. The van der Waals surface area contributed by atoms with E-state index in [-0.39, 0.29) is 0 Å². The van der Waals surface area contributed by atoms with Gasteiger partial charge in [0.05, 0.1) is 35.6 Å². The molecule has 0 spiro atoms. The summed E-state index contributed by atoms with van der Waals surface area (Å²) in [6.45, 7) is 9.06. The molecule has 0 aliphatic carbocycles. The van der Waals surface area contributed by atoms with E-state index in [1.807, 2.05) is 36.4 Å². The Hall–Kier alpha value is -4.44. The summed E-state index contributed by atoms with van der Waals surface area (Å²) in [5.74, 6) is 1.79. The SMILES string of the molecule is C=CCCCCCCOc1ccc(-c2ccc3ccc4ccc(-c5ccc(OCCCCCCC=C)cc5)nc4c3n2)cc1. The molecule has 0 unspecified atom stereocenters. The predicted molar refractivity (Wildman–Crippen MR) is 185 cm³/mol. The van der Waals surface area contributed by atoms with Gasteiger partial charge in [0.15, 0.2) is 0 Å². The zero-order valence-electron chi connectivity index (χ0n) is 25.8. The van der Waals surface area contributed by atoms with E-state index in [4.69, 9.17) is 19.4 Å². The molecule has 0 aliphatic rings. The van der Waals surface area contributed by atoms with Crippen LogP contribution in [0.3, 0.4) is 0 Å². The Morgan fingerprint density at radius 2 is 0.841 bits per heavy atom. The molecule has 4 heteroatoms. The average Bonchev–Trinajstić information content (AvgIpc) is 3.07. The maximum absolute atomic E-state index is 5.97. The molecule has 0 N–H and O–H groups in total. The summed E-state index contributed by atoms with van der Waals surface area (Å²) in [6.07, 6.45) is 15.6. The van der Waals surface area contributed by atoms with Crippen molar-refractivity contribution in [2.75, 3.05) is 13.2 Å². The largest absolute Gasteiger partial charge is 0.494 e. The van der Waals surface area contributed by atoms with E-state index in [9.17, 15) is 0 Å². The summed E-state index contributed by atoms with van der Waals surface area (Å²) in [6, 6.07) is 29.2. The lowest BCUT2D eigenvalue weighted by molar-refractivity contribution is 0.304. The number of pyridine rings is 2. The Bertz CT molecular complexity index is 1520. The van der Waals surface area contributed by atoms with Crippen molar-refractivity contribution in [2.45, 2.75) is 64.2 Å². The minimum atomic E-state index is 0.744. The second kappa shape index (κ2) is 16.4. The van der Waals surface area contributed by atoms with E-state index in [1.165, 1.54) is 38.5 Å². The molecule has 2 aromatic heterocycles. The van der Waals surface area contributed by atoms with Gasteiger partial charge in [0.2, 0.25) is 0 Å². The molecule has 226 valence electrons. The zero-order valence-corrected chi connectivity index (χ0v) is 25.8. The molecule has 3 aromatic carbocycles. The second-order valence-electron chi connectivity index (χ2n) is 11.3. The molecule has 5 aromatic rings. The van der Waals surface area contributed by atoms with Crippen LogP contribution in [0.1, 0.15) is 64.2 Å². The number of hydrogen-bond acceptors (Lipinski definition) is 4. The molecule has 5 rings (SSSR count). The third kappa shape index (κ3) is 8.57. The highest BCUT2D eigenvalue weighted by Crippen LogP contribution is 2.30. The standard InChI is InChI=1S/C40H44N2O2/c1-3-5-7-9-11-13-29-43-35-23-17-31(18-24-35)37-27-21-33-15-16-34-22-28-38(42-40(34)39(33)41-37)32-19-25-36(26-20-32)44-30-14-12-10-8-6-4-2/h3-4,15-28H,1-2,5-14,29-30H2. The van der Waals surface area contributed by atoms with E-state index in [1.54, 1.807) is 0 Å². The number of nitrogens with zero attached hydrogens (tertiary/aromatic N) is 2. The maximum atomic E-state index is 5.97. The first-order chi connectivity index (χ1) is 21.7. The number of fused-ring (bicyclic) bond motifs is 3. The first-order valence-corrected chi connectivity index (χ1v) is 16.1. The van der Waals surface area contributed by atoms with Gasteiger partial charge >= 0.3 is 0 Å². The predicted octanol–water partition coefficient (Wildman–Crippen LogP) is 11.1. The van der Waals surface area contributed by atoms with Gasteiger partial charge < -0.3 is 9.47 Å². The van der Waals surface area contributed by atoms with Crippen molar-refractivity contribution in [3.05, 3.63) is 110 Å². The highest BCUT2D eigenvalue weighted by Gasteiger charge is 2.09. The van der Waals surface area contributed by atoms with Gasteiger partial charge in [0.1, 0.15) is 11.5 Å². The fraction of sp³-hybridized carbons (Fsp3) is 0.300. The fourth-order valence-corrected chi connectivity index (χ4v) is 5.40. The van der Waals surface area contributed by atoms with E-state index in [2.05, 4.69) is 73.8 Å². The van der Waals surface area contributed by atoms with Crippen LogP contribution in [0, 0.1) is 0 Å². The van der Waals surface area contributed by atoms with E-state index in [0.29, 0.717) is 0 Å². The topological polar surface area (TPSA) is 44.2 Å². The van der Waals surface area contributed by atoms with Gasteiger partial charge in [-0.15, -0.1) is 13.2 Å². The molecule has 0 bridgehead atoms. The highest BCUT2D eigenvalue weighted by molar-refractivity contribution is 6.04. The third-order valence-corrected chi connectivity index (χ3v) is 7.96. The second-order valence-corrected chi connectivity index (χ2v) is 11.3. The first-order valence-electron chi connectivity index (χ1n) is 16.1. The van der Waals surface area contributed by atoms with Crippen LogP contribution in [0.4, 0.5) is 0 Å². The molecule has 0 saturated carbocycles. The number of hydrogen-bond donors (Lipinski definition) is 0. The van der Waals surface area contributed by atoms with Crippen LogP contribution in [0.15, 0.2) is 110 Å². The highest BCUT2D eigenvalue weighted by atomic mass is 16.5. The van der Waals surface area contributed by atoms with Crippen molar-refractivity contribution in [3.63, 3.8) is 0 Å². The molecule has 0 atom stereocenters. The lowest BCUT2D eigenvalue weighted by Gasteiger charge is -2.10. The van der Waals surface area contributed by atoms with Crippen LogP contribution >= 0.6 is 0 Å². The molecule has 0 aliphatic heterocycles. The number of rotatable bonds is 18. The average molecular weight is 585 g/mol. The molecule has 0 amide bonds. The number of benzene rings is 3. The Kier molecular flexibility index (Phi) is 11.6. The van der Waals surface area contributed by atoms with Crippen LogP contribution in [0.25, 0.3) is 44.3 Å². The Morgan fingerprint density at radius 1 is 0.455 bits per heavy atom. The van der Waals surface area contributed by atoms with Gasteiger partial charge in [-0.2, -0.15) is 0 Å². The van der Waals surface area contributed by atoms with E-state index >= 15 is 0 Å². The first kappa shape index (κ1) is 31.0. The quantitative estimate of drug-likeness (QED) is 0.0584. The molecule has 2 heterocycles. The van der Waals surface area contributed by atoms with Gasteiger partial charge in [0.25, 0.3) is 0 Å². The van der Waals surface area contributed by atoms with Crippen molar-refractivity contribution >= 4 is 21.8 Å². The van der Waals surface area contributed by atoms with Crippen molar-refractivity contribution in [3.8, 4) is 34.0 Å². The molecular formula is C40H44N2O2. The minimum Gasteiger partial charge on any atom is -0.494 e. The number of unbranched alkanes of at least 4 members (excludes halogenated alkanes) is 8. The monoisotopic (exact) mass is 584 g/mol. The van der Waals surface area contributed by atoms with Crippen LogP contribution in [-0.4, -0.2) is 23.2 Å². The molecule has 0 fully saturated rings. The summed E-state index contributed by atoms with van der Waals surface area (Å²) in [5, 5.41) is 2.15. The van der Waals surface area contributed by atoms with Crippen molar-refractivity contribution in [2.24, 2.45) is 0 Å². The lowest BCUT2D eigenvalue weighted by Crippen LogP contribution is -1.97. The fourth-order valence-electron chi connectivity index (χ4n) is 5.40. The molecule has 0 radical (unpaired) electrons. The smallest absolute Gasteiger partial charge is 0.119 e. The van der Waals surface area contributed by atoms with Crippen LogP contribution in [0.5, 0.6) is 11.5 Å². The van der Waals surface area contributed by atoms with Crippen molar-refractivity contribution in [1.29, 1.82) is 0 Å². The van der Waals surface area contributed by atoms with Crippen LogP contribution in [0.2, 0.25) is 0 Å². The van der Waals surface area contributed by atoms with Crippen molar-refractivity contribution < 1.29 is 9.47 Å². The van der Waals surface area contributed by atoms with E-state index < -0.39 is 0 Å². The molecule has 44 heavy (non-hydrogen) atoms. The Morgan fingerprint density at radius 3 is 1.25 bits per heavy atom. The molecular weight excluding hydrogens is 540 g/mol. The summed E-state index contributed by atoms with van der Waals surface area (Å²) < 4.78 is 11.9. The summed E-state index contributed by atoms with van der Waals surface area (Å²) >= 11 is 0. The maximum Gasteiger partial charge on any atom is 0.119 e. The van der Waals surface area contributed by atoms with Gasteiger partial charge in [-0.1, -0.05) is 62.1 Å². The number of aromatic nitrogens is 2. The summed E-state index contributed by atoms with van der Waals surface area (Å²) in [5.41, 5.74) is 5.79. The number of allylic oxidation sites excluding steroid dienone is 2. The molecule has 4 nitrogen and oxygen atoms in total. The van der Waals surface area contributed by atoms with E-state index in [0.717, 1.165) is 94.7 Å². The Labute approximate surface area is 262 Å². The lowest BCUT2D eigenvalue weighted by atomic mass is 10.1. The van der Waals surface area contributed by atoms with Gasteiger partial charge in [0, 0.05) is 21.9 Å². The normalized spacial score (nSPS) is 11.1. The van der Waals surface area contributed by atoms with Crippen LogP contribution in [-0.2, 0) is 0 Å². The Balaban J connectivity index is 1.25. The summed E-state index contributed by atoms with van der Waals surface area (Å²) in [7, 11) is 0. The minimum absolute atomic E-state index is 0.744. The van der Waals surface area contributed by atoms with Crippen molar-refractivity contribution in [1.82, 2.24) is 9.97 Å².